The van der Waals surface area contributed by atoms with Gasteiger partial charge in [-0.1, -0.05) is 188 Å². The maximum Gasteiger partial charge on any atom is 0.197 e. The first-order chi connectivity index (χ1) is 48.6. The molecule has 14 aromatic carbocycles. The molecule has 0 aliphatic carbocycles. The summed E-state index contributed by atoms with van der Waals surface area (Å²) in [5, 5.41) is 16.5. The van der Waals surface area contributed by atoms with Crippen LogP contribution in [0.5, 0.6) is 0 Å². The first-order valence-electron chi connectivity index (χ1n) is 33.0. The molecule has 8 heterocycles. The smallest absolute Gasteiger partial charge is 0.197 e. The van der Waals surface area contributed by atoms with Gasteiger partial charge in [0, 0.05) is 81.1 Å². The minimum atomic E-state index is 0.652. The SMILES string of the molecule is c1ccc(-n2c3ccccc3c3cc(-c4nc(-n5c6ccccc6c6cc7ccccc7cc65)c5oc6ccccc6c5n4)ccc32)cc1.c1ccc(-n2c3ccccc3c3cc(-c4nc(-n5c6ccccc6c6cc7ccccc7cc65)c5sc6ccccc6c5n4)ccc32)cc1. The summed E-state index contributed by atoms with van der Waals surface area (Å²) in [6.45, 7) is 0. The van der Waals surface area contributed by atoms with E-state index in [-0.39, 0.29) is 0 Å². The standard InChI is InChI=1S/C44H26N4O.C44H26N4S/c2*1-2-14-30(15-3-1)47-36-19-9-6-16-31(36)34-25-29(22-23-38(34)47)43-45-41-33-18-8-11-21-40(33)49-42(41)44(46-43)48-37-20-10-7-17-32(37)35-24-27-12-4-5-13-28(27)26-39(35)48/h2*1-26H. The van der Waals surface area contributed by atoms with Gasteiger partial charge in [0.15, 0.2) is 28.9 Å². The third-order valence-corrected chi connectivity index (χ3v) is 21.0. The number of furan rings is 1. The number of hydrogen-bond donors (Lipinski definition) is 0. The fourth-order valence-corrected chi connectivity index (χ4v) is 16.5. The largest absolute Gasteiger partial charge is 0.450 e. The lowest BCUT2D eigenvalue weighted by Gasteiger charge is -2.11. The van der Waals surface area contributed by atoms with Crippen molar-refractivity contribution in [3.63, 3.8) is 0 Å². The Morgan fingerprint density at radius 2 is 0.633 bits per heavy atom. The van der Waals surface area contributed by atoms with Gasteiger partial charge in [-0.05, 0) is 149 Å². The van der Waals surface area contributed by atoms with Crippen LogP contribution in [-0.4, -0.2) is 38.2 Å². The number of aromatic nitrogens is 8. The van der Waals surface area contributed by atoms with Gasteiger partial charge in [0.1, 0.15) is 11.1 Å². The quantitative estimate of drug-likeness (QED) is 0.166. The molecule has 0 bridgehead atoms. The highest BCUT2D eigenvalue weighted by molar-refractivity contribution is 7.26. The maximum atomic E-state index is 6.61. The minimum absolute atomic E-state index is 0.652. The number of para-hydroxylation sites is 7. The summed E-state index contributed by atoms with van der Waals surface area (Å²) >= 11 is 1.77. The van der Waals surface area contributed by atoms with Crippen LogP contribution in [0.3, 0.4) is 0 Å². The fourth-order valence-electron chi connectivity index (χ4n) is 15.4. The van der Waals surface area contributed by atoms with Crippen LogP contribution in [0.2, 0.25) is 0 Å². The zero-order valence-corrected chi connectivity index (χ0v) is 53.2. The molecule has 0 spiro atoms. The van der Waals surface area contributed by atoms with Gasteiger partial charge in [0.2, 0.25) is 0 Å². The van der Waals surface area contributed by atoms with E-state index >= 15 is 0 Å². The molecule has 0 radical (unpaired) electrons. The highest BCUT2D eigenvalue weighted by Gasteiger charge is 2.26. The summed E-state index contributed by atoms with van der Waals surface area (Å²) in [5.74, 6) is 3.01. The van der Waals surface area contributed by atoms with Crippen LogP contribution in [0.4, 0.5) is 0 Å². The number of hydrogen-bond acceptors (Lipinski definition) is 6. The average molecular weight is 1270 g/mol. The molecule has 8 aromatic heterocycles. The number of nitrogens with zero attached hydrogens (tertiary/aromatic N) is 8. The Kier molecular flexibility index (Phi) is 11.8. The van der Waals surface area contributed by atoms with Gasteiger partial charge < -0.3 is 13.6 Å². The molecule has 0 aliphatic heterocycles. The highest BCUT2D eigenvalue weighted by atomic mass is 32.1. The zero-order chi connectivity index (χ0) is 64.1. The van der Waals surface area contributed by atoms with Gasteiger partial charge in [-0.2, -0.15) is 0 Å². The van der Waals surface area contributed by atoms with Crippen molar-refractivity contribution in [3.8, 4) is 45.8 Å². The van der Waals surface area contributed by atoms with Crippen molar-refractivity contribution in [1.29, 1.82) is 0 Å². The van der Waals surface area contributed by atoms with Gasteiger partial charge in [0.05, 0.1) is 54.4 Å². The van der Waals surface area contributed by atoms with Crippen molar-refractivity contribution >= 4 is 162 Å². The Morgan fingerprint density at radius 1 is 0.255 bits per heavy atom. The summed E-state index contributed by atoms with van der Waals surface area (Å²) in [6, 6.07) is 112. The average Bonchev–Trinajstić information content (AvgIpc) is 1.56. The Hall–Kier alpha value is -13.0. The Balaban J connectivity index is 0.000000129. The molecule has 0 aliphatic rings. The lowest BCUT2D eigenvalue weighted by atomic mass is 10.1. The molecule has 22 rings (SSSR count). The van der Waals surface area contributed by atoms with E-state index < -0.39 is 0 Å². The third-order valence-electron chi connectivity index (χ3n) is 19.8. The van der Waals surface area contributed by atoms with E-state index in [1.807, 2.05) is 18.2 Å². The Labute approximate surface area is 562 Å². The number of thiophene rings is 1. The zero-order valence-electron chi connectivity index (χ0n) is 52.4. The van der Waals surface area contributed by atoms with Crippen molar-refractivity contribution < 1.29 is 4.42 Å². The minimum Gasteiger partial charge on any atom is -0.450 e. The first-order valence-corrected chi connectivity index (χ1v) is 33.8. The fraction of sp³-hybridized carbons (Fsp3) is 0. The number of benzene rings is 14. The van der Waals surface area contributed by atoms with E-state index in [4.69, 9.17) is 24.4 Å². The van der Waals surface area contributed by atoms with E-state index in [9.17, 15) is 0 Å². The molecule has 0 N–H and O–H groups in total. The molecule has 456 valence electrons. The van der Waals surface area contributed by atoms with Gasteiger partial charge in [-0.25, -0.2) is 19.9 Å². The van der Waals surface area contributed by atoms with Crippen molar-refractivity contribution in [2.24, 2.45) is 0 Å². The second-order valence-electron chi connectivity index (χ2n) is 25.3. The van der Waals surface area contributed by atoms with Gasteiger partial charge >= 0.3 is 0 Å². The van der Waals surface area contributed by atoms with Crippen LogP contribution in [0.25, 0.3) is 197 Å². The van der Waals surface area contributed by atoms with Crippen molar-refractivity contribution in [2.75, 3.05) is 0 Å². The molecule has 98 heavy (non-hydrogen) atoms. The van der Waals surface area contributed by atoms with E-state index in [1.165, 1.54) is 69.5 Å². The van der Waals surface area contributed by atoms with Gasteiger partial charge in [-0.15, -0.1) is 11.3 Å². The highest BCUT2D eigenvalue weighted by Crippen LogP contribution is 2.45. The molecular weight excluding hydrogens is 1220 g/mol. The van der Waals surface area contributed by atoms with Gasteiger partial charge in [-0.3, -0.25) is 9.13 Å². The van der Waals surface area contributed by atoms with Crippen molar-refractivity contribution in [2.45, 2.75) is 0 Å². The predicted octanol–water partition coefficient (Wildman–Crippen LogP) is 23.2. The van der Waals surface area contributed by atoms with E-state index in [0.717, 1.165) is 116 Å². The second-order valence-corrected chi connectivity index (χ2v) is 26.3. The van der Waals surface area contributed by atoms with Crippen LogP contribution in [0, 0.1) is 0 Å². The molecule has 0 atom stereocenters. The molecular formula is C88H52N8OS. The lowest BCUT2D eigenvalue weighted by Crippen LogP contribution is -2.02. The molecule has 0 saturated heterocycles. The Bertz CT molecular complexity index is 6650. The predicted molar refractivity (Wildman–Crippen MR) is 407 cm³/mol. The van der Waals surface area contributed by atoms with Crippen LogP contribution in [0.1, 0.15) is 0 Å². The van der Waals surface area contributed by atoms with Crippen molar-refractivity contribution in [1.82, 2.24) is 38.2 Å². The van der Waals surface area contributed by atoms with Crippen LogP contribution in [-0.2, 0) is 0 Å². The Morgan fingerprint density at radius 3 is 1.15 bits per heavy atom. The number of rotatable bonds is 6. The van der Waals surface area contributed by atoms with E-state index in [0.29, 0.717) is 11.4 Å². The molecule has 0 unspecified atom stereocenters. The number of fused-ring (bicyclic) bond motifs is 20. The topological polar surface area (TPSA) is 84.4 Å². The summed E-state index contributed by atoms with van der Waals surface area (Å²) < 4.78 is 18.2. The normalized spacial score (nSPS) is 12.1. The summed E-state index contributed by atoms with van der Waals surface area (Å²) in [5.41, 5.74) is 16.5. The van der Waals surface area contributed by atoms with Crippen LogP contribution in [0.15, 0.2) is 320 Å². The van der Waals surface area contributed by atoms with Gasteiger partial charge in [0.25, 0.3) is 0 Å². The van der Waals surface area contributed by atoms with Crippen molar-refractivity contribution in [3.05, 3.63) is 315 Å². The van der Waals surface area contributed by atoms with E-state index in [1.54, 1.807) is 11.3 Å². The molecule has 10 heteroatoms. The summed E-state index contributed by atoms with van der Waals surface area (Å²) in [7, 11) is 0. The molecule has 0 fully saturated rings. The molecule has 9 nitrogen and oxygen atoms in total. The molecule has 0 saturated carbocycles. The summed E-state index contributed by atoms with van der Waals surface area (Å²) in [4.78, 5) is 21.5. The van der Waals surface area contributed by atoms with E-state index in [2.05, 4.69) is 316 Å². The monoisotopic (exact) mass is 1270 g/mol. The molecule has 22 aromatic rings. The van der Waals surface area contributed by atoms with Crippen LogP contribution < -0.4 is 0 Å². The molecule has 0 amide bonds. The lowest BCUT2D eigenvalue weighted by molar-refractivity contribution is 0.662. The van der Waals surface area contributed by atoms with Crippen LogP contribution >= 0.6 is 11.3 Å². The first kappa shape index (κ1) is 54.4. The second kappa shape index (κ2) is 21.2. The maximum absolute atomic E-state index is 6.61. The third kappa shape index (κ3) is 8.19. The summed E-state index contributed by atoms with van der Waals surface area (Å²) in [6.07, 6.45) is 0.